The molecule has 0 aliphatic heterocycles. The lowest BCUT2D eigenvalue weighted by Gasteiger charge is -2.14. The maximum Gasteiger partial charge on any atom is 0.181 e. The maximum atomic E-state index is 10.0. The lowest BCUT2D eigenvalue weighted by Crippen LogP contribution is -2.13. The van der Waals surface area contributed by atoms with Gasteiger partial charge in [0.05, 0.1) is 12.7 Å². The standard InChI is InChI=1S/C24H42O7.H2O/c1-20(25)21-11-13-22(14-12-21)24(27)31-19-9-8-18-30-23(26)10-4-3-5-16-29-17-7-6-15-28-2;/h11-14,20,23-27H,3-10,15-19H2,1-2H3;1H2. The lowest BCUT2D eigenvalue weighted by molar-refractivity contribution is -0.115. The SMILES string of the molecule is COCCCCOCCCCCC(O)OCCCCOC(O)c1ccc(C(C)O)cc1.O. The number of aliphatic hydroxyl groups excluding tert-OH is 3. The molecule has 0 spiro atoms. The van der Waals surface area contributed by atoms with Crippen LogP contribution in [0.1, 0.15) is 81.8 Å². The van der Waals surface area contributed by atoms with Crippen molar-refractivity contribution in [2.24, 2.45) is 0 Å². The van der Waals surface area contributed by atoms with Gasteiger partial charge in [0.2, 0.25) is 0 Å². The molecule has 0 bridgehead atoms. The molecule has 1 aromatic rings. The summed E-state index contributed by atoms with van der Waals surface area (Å²) in [5.41, 5.74) is 1.46. The quantitative estimate of drug-likeness (QED) is 0.201. The maximum absolute atomic E-state index is 10.0. The highest BCUT2D eigenvalue weighted by molar-refractivity contribution is 5.24. The highest BCUT2D eigenvalue weighted by atomic mass is 16.6. The van der Waals surface area contributed by atoms with Gasteiger partial charge < -0.3 is 39.7 Å². The van der Waals surface area contributed by atoms with Gasteiger partial charge in [-0.05, 0) is 57.4 Å². The van der Waals surface area contributed by atoms with Crippen LogP contribution < -0.4 is 0 Å². The minimum atomic E-state index is -0.983. The zero-order valence-electron chi connectivity index (χ0n) is 19.7. The molecule has 0 aliphatic carbocycles. The average molecular weight is 461 g/mol. The van der Waals surface area contributed by atoms with Gasteiger partial charge in [0, 0.05) is 39.1 Å². The molecule has 0 saturated heterocycles. The van der Waals surface area contributed by atoms with Gasteiger partial charge >= 0.3 is 0 Å². The Hall–Kier alpha value is -1.10. The van der Waals surface area contributed by atoms with Crippen molar-refractivity contribution in [1.82, 2.24) is 0 Å². The molecule has 1 rings (SSSR count). The molecule has 188 valence electrons. The summed E-state index contributed by atoms with van der Waals surface area (Å²) in [6.45, 7) is 4.91. The lowest BCUT2D eigenvalue weighted by atomic mass is 10.1. The van der Waals surface area contributed by atoms with Crippen LogP contribution in [0.4, 0.5) is 0 Å². The molecule has 0 radical (unpaired) electrons. The second-order valence-corrected chi connectivity index (χ2v) is 7.76. The highest BCUT2D eigenvalue weighted by Crippen LogP contribution is 2.18. The number of rotatable bonds is 20. The van der Waals surface area contributed by atoms with Crippen molar-refractivity contribution in [1.29, 1.82) is 0 Å². The van der Waals surface area contributed by atoms with Crippen LogP contribution in [0, 0.1) is 0 Å². The van der Waals surface area contributed by atoms with E-state index in [4.69, 9.17) is 18.9 Å². The van der Waals surface area contributed by atoms with E-state index in [1.165, 1.54) is 0 Å². The third-order valence-electron chi connectivity index (χ3n) is 4.96. The van der Waals surface area contributed by atoms with E-state index in [1.807, 2.05) is 0 Å². The van der Waals surface area contributed by atoms with Crippen LogP contribution in [-0.2, 0) is 18.9 Å². The number of methoxy groups -OCH3 is 1. The molecule has 0 fully saturated rings. The Labute approximate surface area is 192 Å². The fourth-order valence-electron chi connectivity index (χ4n) is 2.99. The number of aliphatic hydroxyl groups is 3. The van der Waals surface area contributed by atoms with Crippen molar-refractivity contribution >= 4 is 0 Å². The molecule has 1 aromatic carbocycles. The van der Waals surface area contributed by atoms with Gasteiger partial charge in [0.15, 0.2) is 12.6 Å². The zero-order chi connectivity index (χ0) is 22.7. The van der Waals surface area contributed by atoms with Crippen LogP contribution in [0.15, 0.2) is 24.3 Å². The van der Waals surface area contributed by atoms with Crippen LogP contribution in [0.3, 0.4) is 0 Å². The van der Waals surface area contributed by atoms with E-state index < -0.39 is 18.7 Å². The fraction of sp³-hybridized carbons (Fsp3) is 0.750. The van der Waals surface area contributed by atoms with E-state index in [1.54, 1.807) is 38.3 Å². The molecule has 3 unspecified atom stereocenters. The molecule has 0 heterocycles. The first-order valence-electron chi connectivity index (χ1n) is 11.5. The summed E-state index contributed by atoms with van der Waals surface area (Å²) in [6.07, 6.45) is 4.87. The molecule has 32 heavy (non-hydrogen) atoms. The molecule has 0 aliphatic rings. The van der Waals surface area contributed by atoms with Crippen molar-refractivity contribution in [2.75, 3.05) is 40.1 Å². The van der Waals surface area contributed by atoms with Gasteiger partial charge in [-0.3, -0.25) is 0 Å². The summed E-state index contributed by atoms with van der Waals surface area (Å²) in [6, 6.07) is 7.06. The number of unbranched alkanes of at least 4 members (excludes halogenated alkanes) is 4. The van der Waals surface area contributed by atoms with E-state index >= 15 is 0 Å². The molecule has 0 amide bonds. The van der Waals surface area contributed by atoms with Gasteiger partial charge in [-0.2, -0.15) is 0 Å². The van der Waals surface area contributed by atoms with E-state index in [9.17, 15) is 15.3 Å². The van der Waals surface area contributed by atoms with E-state index in [-0.39, 0.29) is 5.48 Å². The van der Waals surface area contributed by atoms with E-state index in [0.717, 1.165) is 70.3 Å². The summed E-state index contributed by atoms with van der Waals surface area (Å²) in [5, 5.41) is 29.4. The van der Waals surface area contributed by atoms with Crippen molar-refractivity contribution in [3.8, 4) is 0 Å². The van der Waals surface area contributed by atoms with Gasteiger partial charge in [0.25, 0.3) is 0 Å². The third kappa shape index (κ3) is 15.7. The second-order valence-electron chi connectivity index (χ2n) is 7.76. The first-order chi connectivity index (χ1) is 15.0. The predicted octanol–water partition coefficient (Wildman–Crippen LogP) is 3.04. The topological polar surface area (TPSA) is 129 Å². The first-order valence-corrected chi connectivity index (χ1v) is 11.5. The Balaban J connectivity index is 0.00000961. The predicted molar refractivity (Wildman–Crippen MR) is 123 cm³/mol. The Morgan fingerprint density at radius 1 is 0.688 bits per heavy atom. The third-order valence-corrected chi connectivity index (χ3v) is 4.96. The Bertz CT molecular complexity index is 523. The van der Waals surface area contributed by atoms with Gasteiger partial charge in [-0.1, -0.05) is 30.7 Å². The summed E-state index contributed by atoms with van der Waals surface area (Å²) >= 11 is 0. The summed E-state index contributed by atoms with van der Waals surface area (Å²) in [7, 11) is 1.71. The summed E-state index contributed by atoms with van der Waals surface area (Å²) in [5.74, 6) is 0. The molecule has 8 nitrogen and oxygen atoms in total. The van der Waals surface area contributed by atoms with Crippen LogP contribution in [0.2, 0.25) is 0 Å². The van der Waals surface area contributed by atoms with Crippen LogP contribution in [0.5, 0.6) is 0 Å². The van der Waals surface area contributed by atoms with Crippen molar-refractivity contribution in [2.45, 2.75) is 77.0 Å². The monoisotopic (exact) mass is 460 g/mol. The molecule has 5 N–H and O–H groups in total. The number of benzene rings is 1. The Kier molecular flexibility index (Phi) is 19.8. The number of ether oxygens (including phenoxy) is 4. The molecule has 0 saturated carbocycles. The van der Waals surface area contributed by atoms with Gasteiger partial charge in [-0.15, -0.1) is 0 Å². The second kappa shape index (κ2) is 20.5. The van der Waals surface area contributed by atoms with Crippen LogP contribution in [-0.4, -0.2) is 67.2 Å². The number of hydrogen-bond donors (Lipinski definition) is 3. The number of hydrogen-bond acceptors (Lipinski definition) is 7. The zero-order valence-corrected chi connectivity index (χ0v) is 19.7. The highest BCUT2D eigenvalue weighted by Gasteiger charge is 2.09. The molecule has 8 heteroatoms. The summed E-state index contributed by atoms with van der Waals surface area (Å²) in [4.78, 5) is 0. The van der Waals surface area contributed by atoms with E-state index in [0.29, 0.717) is 25.2 Å². The van der Waals surface area contributed by atoms with Crippen LogP contribution >= 0.6 is 0 Å². The van der Waals surface area contributed by atoms with Crippen molar-refractivity contribution in [3.05, 3.63) is 35.4 Å². The van der Waals surface area contributed by atoms with Crippen molar-refractivity contribution < 1.29 is 39.7 Å². The summed E-state index contributed by atoms with van der Waals surface area (Å²) < 4.78 is 21.4. The van der Waals surface area contributed by atoms with Gasteiger partial charge in [0.1, 0.15) is 0 Å². The largest absolute Gasteiger partial charge is 0.412 e. The molecule has 0 aromatic heterocycles. The smallest absolute Gasteiger partial charge is 0.181 e. The normalized spacial score (nSPS) is 14.0. The van der Waals surface area contributed by atoms with Gasteiger partial charge in [-0.25, -0.2) is 0 Å². The van der Waals surface area contributed by atoms with Crippen LogP contribution in [0.25, 0.3) is 0 Å². The minimum Gasteiger partial charge on any atom is -0.412 e. The van der Waals surface area contributed by atoms with E-state index in [2.05, 4.69) is 0 Å². The Morgan fingerprint density at radius 3 is 1.84 bits per heavy atom. The molecular weight excluding hydrogens is 416 g/mol. The fourth-order valence-corrected chi connectivity index (χ4v) is 2.99. The minimum absolute atomic E-state index is 0. The average Bonchev–Trinajstić information content (AvgIpc) is 2.77. The first kappa shape index (κ1) is 30.9. The van der Waals surface area contributed by atoms with Crippen molar-refractivity contribution in [3.63, 3.8) is 0 Å². The molecular formula is C24H44O8. The molecule has 3 atom stereocenters. The Morgan fingerprint density at radius 2 is 1.22 bits per heavy atom.